The Morgan fingerprint density at radius 2 is 0.512 bits per heavy atom. The van der Waals surface area contributed by atoms with Crippen molar-refractivity contribution in [3.8, 4) is 0 Å². The van der Waals surface area contributed by atoms with E-state index in [9.17, 15) is 14.7 Å². The molecule has 0 aromatic rings. The molecule has 0 radical (unpaired) electrons. The highest BCUT2D eigenvalue weighted by Gasteiger charge is 2.16. The van der Waals surface area contributed by atoms with Gasteiger partial charge in [0.15, 0.2) is 6.10 Å². The summed E-state index contributed by atoms with van der Waals surface area (Å²) in [5, 5.41) is 9.67. The van der Waals surface area contributed by atoms with Crippen molar-refractivity contribution in [2.45, 2.75) is 264 Å². The third-order valence-corrected chi connectivity index (χ3v) is 13.2. The van der Waals surface area contributed by atoms with E-state index in [0.717, 1.165) is 122 Å². The molecule has 0 saturated carbocycles. The summed E-state index contributed by atoms with van der Waals surface area (Å²) in [4.78, 5) is 24.6. The van der Waals surface area contributed by atoms with Gasteiger partial charge in [0.05, 0.1) is 6.61 Å². The van der Waals surface area contributed by atoms with Crippen molar-refractivity contribution in [2.75, 3.05) is 13.2 Å². The van der Waals surface area contributed by atoms with E-state index in [1.165, 1.54) is 103 Å². The molecule has 0 aliphatic rings. The molecular weight excluding hydrogens is 981 g/mol. The highest BCUT2D eigenvalue weighted by atomic mass is 16.6. The molecular formula is C75H118O5. The third-order valence-electron chi connectivity index (χ3n) is 13.2. The van der Waals surface area contributed by atoms with Crippen molar-refractivity contribution in [1.82, 2.24) is 0 Å². The summed E-state index contributed by atoms with van der Waals surface area (Å²) in [5.74, 6) is -0.667. The summed E-state index contributed by atoms with van der Waals surface area (Å²) < 4.78 is 10.7. The molecule has 1 atom stereocenters. The zero-order valence-corrected chi connectivity index (χ0v) is 51.3. The molecule has 0 rings (SSSR count). The largest absolute Gasteiger partial charge is 0.462 e. The van der Waals surface area contributed by atoms with Gasteiger partial charge in [0.2, 0.25) is 0 Å². The van der Waals surface area contributed by atoms with E-state index < -0.39 is 6.10 Å². The highest BCUT2D eigenvalue weighted by molar-refractivity contribution is 5.70. The molecule has 0 spiro atoms. The first-order chi connectivity index (χ1) is 39.6. The molecule has 0 saturated heterocycles. The zero-order chi connectivity index (χ0) is 57.6. The Balaban J connectivity index is 3.59. The SMILES string of the molecule is CC/C=C\C/C=C\C/C=C\C/C=C\C/C=C\C/C=C\C/C=C\C/C=C\C/C=C\CCCC(=O)OC(CO)COC(=O)CCCCCCCCCCCCCCCCCCCC/C=C\C/C=C\C/C=C\C/C=C\C/C=C\C/C=C\CC. The molecule has 0 bridgehead atoms. The fourth-order valence-corrected chi connectivity index (χ4v) is 8.44. The summed E-state index contributed by atoms with van der Waals surface area (Å²) in [6.45, 7) is 3.86. The quantitative estimate of drug-likeness (QED) is 0.0373. The van der Waals surface area contributed by atoms with Gasteiger partial charge in [-0.1, -0.05) is 299 Å². The lowest BCUT2D eigenvalue weighted by Crippen LogP contribution is -2.28. The standard InChI is InChI=1S/C75H118O5/c1-3-5-7-9-11-13-15-17-19-21-23-25-27-29-31-33-34-35-36-37-38-39-40-42-43-45-47-49-51-53-55-57-59-61-63-65-67-69-74(77)79-72-73(71-76)80-75(78)70-68-66-64-62-60-58-56-54-52-50-48-46-44-41-32-30-28-26-24-22-20-18-16-14-12-10-8-6-4-2/h5-8,11-14,17-20,23-26,29-32,34-35,44,46,50,52,56,58,62,64,73,76H,3-4,9-10,15-16,21-22,27-28,33,36-43,45,47-49,51,53-55,57,59-61,63,65-72H2,1-2H3/b7-5-,8-6-,13-11-,14-12-,19-17-,20-18-,25-23-,26-24-,31-29-,32-30-,35-34-,46-44-,52-50-,58-56-,64-62-. The van der Waals surface area contributed by atoms with E-state index in [4.69, 9.17) is 9.47 Å². The number of esters is 2. The first-order valence-electron chi connectivity index (χ1n) is 32.3. The lowest BCUT2D eigenvalue weighted by molar-refractivity contribution is -0.161. The van der Waals surface area contributed by atoms with E-state index in [-0.39, 0.29) is 31.6 Å². The minimum atomic E-state index is -0.817. The van der Waals surface area contributed by atoms with Crippen molar-refractivity contribution in [2.24, 2.45) is 0 Å². The van der Waals surface area contributed by atoms with Gasteiger partial charge in [-0.25, -0.2) is 0 Å². The second-order valence-electron chi connectivity index (χ2n) is 20.7. The predicted molar refractivity (Wildman–Crippen MR) is 352 cm³/mol. The molecule has 5 heteroatoms. The van der Waals surface area contributed by atoms with Gasteiger partial charge < -0.3 is 14.6 Å². The van der Waals surface area contributed by atoms with Gasteiger partial charge in [-0.05, 0) is 128 Å². The number of unbranched alkanes of at least 4 members (excludes halogenated alkanes) is 19. The van der Waals surface area contributed by atoms with E-state index in [0.29, 0.717) is 12.8 Å². The average Bonchev–Trinajstić information content (AvgIpc) is 3.46. The Hall–Kier alpha value is -5.00. The molecule has 0 fully saturated rings. The maximum absolute atomic E-state index is 12.3. The van der Waals surface area contributed by atoms with Crippen molar-refractivity contribution >= 4 is 11.9 Å². The minimum absolute atomic E-state index is 0.0989. The first kappa shape index (κ1) is 75.0. The van der Waals surface area contributed by atoms with E-state index in [1.54, 1.807) is 0 Å². The molecule has 5 nitrogen and oxygen atoms in total. The van der Waals surface area contributed by atoms with E-state index in [1.807, 2.05) is 0 Å². The second-order valence-corrected chi connectivity index (χ2v) is 20.7. The predicted octanol–water partition coefficient (Wildman–Crippen LogP) is 22.6. The van der Waals surface area contributed by atoms with Crippen molar-refractivity contribution < 1.29 is 24.2 Å². The number of hydrogen-bond acceptors (Lipinski definition) is 5. The molecule has 0 heterocycles. The summed E-state index contributed by atoms with van der Waals surface area (Å²) >= 11 is 0. The van der Waals surface area contributed by atoms with Gasteiger partial charge in [0.1, 0.15) is 6.61 Å². The Morgan fingerprint density at radius 1 is 0.287 bits per heavy atom. The van der Waals surface area contributed by atoms with Crippen LogP contribution in [0.5, 0.6) is 0 Å². The van der Waals surface area contributed by atoms with Gasteiger partial charge in [0, 0.05) is 12.8 Å². The molecule has 0 aliphatic heterocycles. The number of hydrogen-bond donors (Lipinski definition) is 1. The minimum Gasteiger partial charge on any atom is -0.462 e. The summed E-state index contributed by atoms with van der Waals surface area (Å²) in [5.41, 5.74) is 0. The molecule has 1 unspecified atom stereocenters. The van der Waals surface area contributed by atoms with Crippen LogP contribution in [0.4, 0.5) is 0 Å². The monoisotopic (exact) mass is 1100 g/mol. The average molecular weight is 1100 g/mol. The molecule has 1 N–H and O–H groups in total. The van der Waals surface area contributed by atoms with E-state index in [2.05, 4.69) is 196 Å². The smallest absolute Gasteiger partial charge is 0.306 e. The summed E-state index contributed by atoms with van der Waals surface area (Å²) in [6, 6.07) is 0. The van der Waals surface area contributed by atoms with Crippen LogP contribution in [0.1, 0.15) is 258 Å². The van der Waals surface area contributed by atoms with Gasteiger partial charge in [-0.15, -0.1) is 0 Å². The fourth-order valence-electron chi connectivity index (χ4n) is 8.44. The Morgan fingerprint density at radius 3 is 0.787 bits per heavy atom. The maximum atomic E-state index is 12.3. The van der Waals surface area contributed by atoms with Gasteiger partial charge >= 0.3 is 11.9 Å². The molecule has 0 aromatic heterocycles. The number of carbonyl (C=O) groups excluding carboxylic acids is 2. The van der Waals surface area contributed by atoms with Gasteiger partial charge in [-0.3, -0.25) is 9.59 Å². The Kier molecular flexibility index (Phi) is 64.0. The van der Waals surface area contributed by atoms with Crippen LogP contribution in [-0.4, -0.2) is 36.4 Å². The van der Waals surface area contributed by atoms with Gasteiger partial charge in [-0.2, -0.15) is 0 Å². The molecule has 0 aromatic carbocycles. The molecule has 0 aliphatic carbocycles. The zero-order valence-electron chi connectivity index (χ0n) is 51.3. The van der Waals surface area contributed by atoms with Gasteiger partial charge in [0.25, 0.3) is 0 Å². The number of allylic oxidation sites excluding steroid dienone is 30. The second kappa shape index (κ2) is 68.3. The maximum Gasteiger partial charge on any atom is 0.306 e. The normalized spacial score (nSPS) is 13.5. The van der Waals surface area contributed by atoms with Crippen molar-refractivity contribution in [3.63, 3.8) is 0 Å². The van der Waals surface area contributed by atoms with E-state index >= 15 is 0 Å². The van der Waals surface area contributed by atoms with Crippen molar-refractivity contribution in [1.29, 1.82) is 0 Å². The first-order valence-corrected chi connectivity index (χ1v) is 32.3. The van der Waals surface area contributed by atoms with Crippen molar-refractivity contribution in [3.05, 3.63) is 182 Å². The van der Waals surface area contributed by atoms with Crippen LogP contribution in [0, 0.1) is 0 Å². The third kappa shape index (κ3) is 65.5. The molecule has 0 amide bonds. The Labute approximate surface area is 493 Å². The lowest BCUT2D eigenvalue weighted by atomic mass is 10.0. The number of aliphatic hydroxyl groups is 1. The van der Waals surface area contributed by atoms with Crippen LogP contribution in [0.15, 0.2) is 182 Å². The number of aliphatic hydroxyl groups excluding tert-OH is 1. The topological polar surface area (TPSA) is 72.8 Å². The number of carbonyl (C=O) groups is 2. The van der Waals surface area contributed by atoms with Crippen LogP contribution in [0.2, 0.25) is 0 Å². The lowest BCUT2D eigenvalue weighted by Gasteiger charge is -2.15. The number of ether oxygens (including phenoxy) is 2. The van der Waals surface area contributed by atoms with Crippen LogP contribution in [0.25, 0.3) is 0 Å². The summed E-state index contributed by atoms with van der Waals surface area (Å²) in [7, 11) is 0. The highest BCUT2D eigenvalue weighted by Crippen LogP contribution is 2.16. The van der Waals surface area contributed by atoms with Crippen LogP contribution in [0.3, 0.4) is 0 Å². The van der Waals surface area contributed by atoms with Crippen LogP contribution >= 0.6 is 0 Å². The fraction of sp³-hybridized carbons (Fsp3) is 0.573. The number of rotatable bonds is 57. The van der Waals surface area contributed by atoms with Crippen LogP contribution in [-0.2, 0) is 19.1 Å². The summed E-state index contributed by atoms with van der Waals surface area (Å²) in [6.07, 6.45) is 108. The molecule has 448 valence electrons. The molecule has 80 heavy (non-hydrogen) atoms. The van der Waals surface area contributed by atoms with Crippen LogP contribution < -0.4 is 0 Å². The Bertz CT molecular complexity index is 1820.